The number of rotatable bonds is 10. The second kappa shape index (κ2) is 13.2. The van der Waals surface area contributed by atoms with Crippen LogP contribution < -0.4 is 25.5 Å². The molecule has 2 aromatic carbocycles. The molecule has 0 radical (unpaired) electrons. The van der Waals surface area contributed by atoms with E-state index < -0.39 is 11.8 Å². The highest BCUT2D eigenvalue weighted by Crippen LogP contribution is 2.28. The minimum absolute atomic E-state index is 0.0550. The molecule has 10 nitrogen and oxygen atoms in total. The number of nitrogens with one attached hydrogen (secondary N) is 3. The number of nitrogens with zero attached hydrogens (tertiary/aromatic N) is 1. The van der Waals surface area contributed by atoms with Crippen molar-refractivity contribution < 1.29 is 28.6 Å². The van der Waals surface area contributed by atoms with E-state index in [1.54, 1.807) is 18.2 Å². The molecule has 1 fully saturated rings. The van der Waals surface area contributed by atoms with Gasteiger partial charge < -0.3 is 24.8 Å². The molecule has 2 aromatic rings. The monoisotopic (exact) mass is 496 g/mol. The smallest absolute Gasteiger partial charge is 0.329 e. The predicted octanol–water partition coefficient (Wildman–Crippen LogP) is 2.46. The zero-order chi connectivity index (χ0) is 25.9. The van der Waals surface area contributed by atoms with Crippen molar-refractivity contribution >= 4 is 29.6 Å². The zero-order valence-corrected chi connectivity index (χ0v) is 20.8. The quantitative estimate of drug-likeness (QED) is 0.263. The van der Waals surface area contributed by atoms with Gasteiger partial charge in [0.2, 0.25) is 0 Å². The Labute approximate surface area is 210 Å². The molecular formula is C26H32N4O6. The van der Waals surface area contributed by atoms with E-state index in [0.29, 0.717) is 30.3 Å². The number of para-hydroxylation sites is 1. The number of hydrogen-bond donors (Lipinski definition) is 3. The van der Waals surface area contributed by atoms with Gasteiger partial charge in [-0.2, -0.15) is 5.10 Å². The fourth-order valence-electron chi connectivity index (χ4n) is 3.63. The van der Waals surface area contributed by atoms with E-state index in [-0.39, 0.29) is 25.2 Å². The fraction of sp³-hybridized carbons (Fsp3) is 0.385. The molecule has 0 bridgehead atoms. The highest BCUT2D eigenvalue weighted by atomic mass is 16.5. The Hall–Kier alpha value is -3.92. The van der Waals surface area contributed by atoms with Gasteiger partial charge in [-0.3, -0.25) is 14.4 Å². The maximum atomic E-state index is 12.4. The number of benzene rings is 2. The first kappa shape index (κ1) is 26.7. The highest BCUT2D eigenvalue weighted by molar-refractivity contribution is 6.35. The number of ether oxygens (including phenoxy) is 3. The summed E-state index contributed by atoms with van der Waals surface area (Å²) in [7, 11) is 0. The van der Waals surface area contributed by atoms with Crippen LogP contribution in [0.4, 0.5) is 5.69 Å². The van der Waals surface area contributed by atoms with Crippen molar-refractivity contribution in [3.8, 4) is 11.5 Å². The van der Waals surface area contributed by atoms with Gasteiger partial charge in [0.15, 0.2) is 18.1 Å². The van der Waals surface area contributed by atoms with Crippen molar-refractivity contribution in [2.24, 2.45) is 5.10 Å². The molecule has 1 aliphatic heterocycles. The Kier molecular flexibility index (Phi) is 9.82. The van der Waals surface area contributed by atoms with Crippen LogP contribution >= 0.6 is 0 Å². The van der Waals surface area contributed by atoms with E-state index in [1.807, 2.05) is 39.0 Å². The molecule has 3 rings (SSSR count). The summed E-state index contributed by atoms with van der Waals surface area (Å²) < 4.78 is 16.7. The summed E-state index contributed by atoms with van der Waals surface area (Å²) >= 11 is 0. The van der Waals surface area contributed by atoms with Gasteiger partial charge in [0.05, 0.1) is 18.9 Å². The highest BCUT2D eigenvalue weighted by Gasteiger charge is 2.19. The minimum atomic E-state index is -0.871. The van der Waals surface area contributed by atoms with Crippen molar-refractivity contribution in [1.29, 1.82) is 0 Å². The van der Waals surface area contributed by atoms with Crippen molar-refractivity contribution in [3.05, 3.63) is 53.1 Å². The van der Waals surface area contributed by atoms with Crippen molar-refractivity contribution in [2.75, 3.05) is 31.7 Å². The number of carbonyl (C=O) groups is 3. The normalized spacial score (nSPS) is 14.9. The first-order valence-electron chi connectivity index (χ1n) is 11.9. The summed E-state index contributed by atoms with van der Waals surface area (Å²) in [5.74, 6) is -1.13. The summed E-state index contributed by atoms with van der Waals surface area (Å²) in [5, 5.41) is 9.24. The van der Waals surface area contributed by atoms with Gasteiger partial charge in [-0.05, 0) is 68.5 Å². The summed E-state index contributed by atoms with van der Waals surface area (Å²) in [5.41, 5.74) is 5.50. The molecule has 1 saturated heterocycles. The molecule has 0 aromatic heterocycles. The fourth-order valence-corrected chi connectivity index (χ4v) is 3.63. The molecule has 0 saturated carbocycles. The second-order valence-electron chi connectivity index (χ2n) is 8.29. The molecule has 3 amide bonds. The third kappa shape index (κ3) is 7.81. The largest absolute Gasteiger partial charge is 0.490 e. The number of hydrazone groups is 1. The van der Waals surface area contributed by atoms with Gasteiger partial charge in [0.25, 0.3) is 5.91 Å². The number of anilines is 1. The lowest BCUT2D eigenvalue weighted by Crippen LogP contribution is -2.41. The molecule has 192 valence electrons. The third-order valence-electron chi connectivity index (χ3n) is 5.47. The average Bonchev–Trinajstić information content (AvgIpc) is 3.38. The number of aryl methyl sites for hydroxylation is 2. The SMILES string of the molecule is CCOc1cc(/C=N\NC(=O)C(=O)NC[C@@H]2CCCO2)ccc1OCC(=O)Nc1c(C)cccc1C. The predicted molar refractivity (Wildman–Crippen MR) is 135 cm³/mol. The van der Waals surface area contributed by atoms with Crippen LogP contribution in [0.2, 0.25) is 0 Å². The van der Waals surface area contributed by atoms with Crippen LogP contribution in [0.1, 0.15) is 36.5 Å². The molecule has 10 heteroatoms. The van der Waals surface area contributed by atoms with Crippen LogP contribution in [0.25, 0.3) is 0 Å². The van der Waals surface area contributed by atoms with E-state index in [4.69, 9.17) is 14.2 Å². The van der Waals surface area contributed by atoms with E-state index in [2.05, 4.69) is 21.2 Å². The average molecular weight is 497 g/mol. The molecule has 36 heavy (non-hydrogen) atoms. The van der Waals surface area contributed by atoms with Crippen LogP contribution in [0.15, 0.2) is 41.5 Å². The van der Waals surface area contributed by atoms with Gasteiger partial charge in [0.1, 0.15) is 0 Å². The van der Waals surface area contributed by atoms with Gasteiger partial charge in [-0.1, -0.05) is 18.2 Å². The molecular weight excluding hydrogens is 464 g/mol. The van der Waals surface area contributed by atoms with Crippen LogP contribution in [0, 0.1) is 13.8 Å². The molecule has 1 aliphatic rings. The van der Waals surface area contributed by atoms with Crippen molar-refractivity contribution in [1.82, 2.24) is 10.7 Å². The van der Waals surface area contributed by atoms with Gasteiger partial charge in [-0.15, -0.1) is 0 Å². The summed E-state index contributed by atoms with van der Waals surface area (Å²) in [6.45, 7) is 6.83. The van der Waals surface area contributed by atoms with Crippen LogP contribution in [0.5, 0.6) is 11.5 Å². The molecule has 0 unspecified atom stereocenters. The summed E-state index contributed by atoms with van der Waals surface area (Å²) in [6, 6.07) is 10.8. The third-order valence-corrected chi connectivity index (χ3v) is 5.47. The summed E-state index contributed by atoms with van der Waals surface area (Å²) in [6.07, 6.45) is 3.13. The molecule has 0 spiro atoms. The van der Waals surface area contributed by atoms with E-state index >= 15 is 0 Å². The van der Waals surface area contributed by atoms with Gasteiger partial charge >= 0.3 is 11.8 Å². The molecule has 0 aliphatic carbocycles. The maximum Gasteiger partial charge on any atom is 0.329 e. The number of carbonyl (C=O) groups excluding carboxylic acids is 3. The number of amides is 3. The molecule has 1 atom stereocenters. The lowest BCUT2D eigenvalue weighted by molar-refractivity contribution is -0.139. The Morgan fingerprint density at radius 2 is 1.86 bits per heavy atom. The van der Waals surface area contributed by atoms with E-state index in [0.717, 1.165) is 29.7 Å². The van der Waals surface area contributed by atoms with Crippen molar-refractivity contribution in [2.45, 2.75) is 39.7 Å². The first-order valence-corrected chi connectivity index (χ1v) is 11.9. The van der Waals surface area contributed by atoms with Crippen LogP contribution in [-0.4, -0.2) is 56.4 Å². The Bertz CT molecular complexity index is 1090. The number of hydrogen-bond acceptors (Lipinski definition) is 7. The Morgan fingerprint density at radius 1 is 1.08 bits per heavy atom. The van der Waals surface area contributed by atoms with Crippen LogP contribution in [0.3, 0.4) is 0 Å². The minimum Gasteiger partial charge on any atom is -0.490 e. The Morgan fingerprint density at radius 3 is 2.56 bits per heavy atom. The standard InChI is InChI=1S/C26H32N4O6/c1-4-34-22-13-19(14-28-30-26(33)25(32)27-15-20-9-6-12-35-20)10-11-21(22)36-16-23(31)29-24-17(2)7-5-8-18(24)3/h5,7-8,10-11,13-14,20H,4,6,9,12,15-16H2,1-3H3,(H,27,32)(H,29,31)(H,30,33)/b28-14-/t20-/m0/s1. The summed E-state index contributed by atoms with van der Waals surface area (Å²) in [4.78, 5) is 36.2. The first-order chi connectivity index (χ1) is 17.4. The lowest BCUT2D eigenvalue weighted by atomic mass is 10.1. The Balaban J connectivity index is 1.53. The molecule has 1 heterocycles. The van der Waals surface area contributed by atoms with E-state index in [9.17, 15) is 14.4 Å². The van der Waals surface area contributed by atoms with E-state index in [1.165, 1.54) is 6.21 Å². The topological polar surface area (TPSA) is 127 Å². The lowest BCUT2D eigenvalue weighted by Gasteiger charge is -2.14. The van der Waals surface area contributed by atoms with Gasteiger partial charge in [0, 0.05) is 18.8 Å². The van der Waals surface area contributed by atoms with Crippen LogP contribution in [-0.2, 0) is 19.1 Å². The van der Waals surface area contributed by atoms with Crippen molar-refractivity contribution in [3.63, 3.8) is 0 Å². The van der Waals surface area contributed by atoms with Gasteiger partial charge in [-0.25, -0.2) is 5.43 Å². The molecule has 3 N–H and O–H groups in total. The second-order valence-corrected chi connectivity index (χ2v) is 8.29. The zero-order valence-electron chi connectivity index (χ0n) is 20.8. The maximum absolute atomic E-state index is 12.4.